The molecule has 112 valence electrons. The number of rotatable bonds is 7. The lowest BCUT2D eigenvalue weighted by Crippen LogP contribution is -2.15. The van der Waals surface area contributed by atoms with Crippen molar-refractivity contribution in [1.82, 2.24) is 9.97 Å². The summed E-state index contributed by atoms with van der Waals surface area (Å²) in [7, 11) is 0. The third-order valence-corrected chi connectivity index (χ3v) is 3.56. The van der Waals surface area contributed by atoms with Gasteiger partial charge in [-0.1, -0.05) is 30.7 Å². The zero-order valence-corrected chi connectivity index (χ0v) is 13.2. The molecular formula is C16H21ClN4. The van der Waals surface area contributed by atoms with Crippen molar-refractivity contribution in [2.45, 2.75) is 32.7 Å². The Labute approximate surface area is 131 Å². The molecule has 0 radical (unpaired) electrons. The Morgan fingerprint density at radius 3 is 2.57 bits per heavy atom. The SMILES string of the molecule is CCC(C)Nc1cc(NCCc2ccc(Cl)cc2)ncn1. The first-order chi connectivity index (χ1) is 10.2. The zero-order valence-electron chi connectivity index (χ0n) is 12.4. The number of nitrogens with zero attached hydrogens (tertiary/aromatic N) is 2. The molecule has 2 N–H and O–H groups in total. The van der Waals surface area contributed by atoms with E-state index in [4.69, 9.17) is 11.6 Å². The first-order valence-electron chi connectivity index (χ1n) is 7.24. The van der Waals surface area contributed by atoms with Crippen LogP contribution >= 0.6 is 11.6 Å². The van der Waals surface area contributed by atoms with Crippen LogP contribution in [-0.2, 0) is 6.42 Å². The number of hydrogen-bond acceptors (Lipinski definition) is 4. The second-order valence-corrected chi connectivity index (χ2v) is 5.48. The predicted octanol–water partition coefficient (Wildman–Crippen LogP) is 4.00. The second-order valence-electron chi connectivity index (χ2n) is 5.05. The van der Waals surface area contributed by atoms with Crippen molar-refractivity contribution in [2.24, 2.45) is 0 Å². The van der Waals surface area contributed by atoms with Crippen LogP contribution in [-0.4, -0.2) is 22.6 Å². The molecule has 2 rings (SSSR count). The normalized spacial score (nSPS) is 12.0. The molecule has 0 aliphatic heterocycles. The quantitative estimate of drug-likeness (QED) is 0.812. The fraction of sp³-hybridized carbons (Fsp3) is 0.375. The molecule has 1 atom stereocenters. The molecule has 0 fully saturated rings. The van der Waals surface area contributed by atoms with Gasteiger partial charge in [0.1, 0.15) is 18.0 Å². The van der Waals surface area contributed by atoms with Gasteiger partial charge in [-0.2, -0.15) is 0 Å². The van der Waals surface area contributed by atoms with Gasteiger partial charge in [0.05, 0.1) is 0 Å². The summed E-state index contributed by atoms with van der Waals surface area (Å²) in [6.45, 7) is 5.10. The van der Waals surface area contributed by atoms with Gasteiger partial charge in [-0.25, -0.2) is 9.97 Å². The first-order valence-corrected chi connectivity index (χ1v) is 7.62. The number of halogens is 1. The molecule has 0 bridgehead atoms. The van der Waals surface area contributed by atoms with Gasteiger partial charge in [-0.15, -0.1) is 0 Å². The van der Waals surface area contributed by atoms with Crippen LogP contribution in [0.3, 0.4) is 0 Å². The lowest BCUT2D eigenvalue weighted by Gasteiger charge is -2.13. The zero-order chi connectivity index (χ0) is 15.1. The monoisotopic (exact) mass is 304 g/mol. The summed E-state index contributed by atoms with van der Waals surface area (Å²) in [5, 5.41) is 7.42. The minimum absolute atomic E-state index is 0.404. The minimum atomic E-state index is 0.404. The van der Waals surface area contributed by atoms with Crippen LogP contribution < -0.4 is 10.6 Å². The smallest absolute Gasteiger partial charge is 0.131 e. The fourth-order valence-electron chi connectivity index (χ4n) is 1.87. The van der Waals surface area contributed by atoms with E-state index in [0.29, 0.717) is 6.04 Å². The maximum Gasteiger partial charge on any atom is 0.131 e. The molecule has 0 spiro atoms. The highest BCUT2D eigenvalue weighted by Gasteiger charge is 2.02. The molecule has 2 aromatic rings. The maximum atomic E-state index is 5.87. The molecule has 4 nitrogen and oxygen atoms in total. The summed E-state index contributed by atoms with van der Waals surface area (Å²) < 4.78 is 0. The number of aromatic nitrogens is 2. The molecule has 0 amide bonds. The predicted molar refractivity (Wildman–Crippen MR) is 89.1 cm³/mol. The van der Waals surface area contributed by atoms with Crippen LogP contribution in [0.5, 0.6) is 0 Å². The van der Waals surface area contributed by atoms with Crippen LogP contribution in [0.25, 0.3) is 0 Å². The van der Waals surface area contributed by atoms with E-state index in [0.717, 1.165) is 36.0 Å². The van der Waals surface area contributed by atoms with Gasteiger partial charge >= 0.3 is 0 Å². The van der Waals surface area contributed by atoms with Crippen LogP contribution in [0, 0.1) is 0 Å². The van der Waals surface area contributed by atoms with E-state index in [-0.39, 0.29) is 0 Å². The van der Waals surface area contributed by atoms with Crippen molar-refractivity contribution < 1.29 is 0 Å². The van der Waals surface area contributed by atoms with Crippen molar-refractivity contribution in [3.05, 3.63) is 47.2 Å². The van der Waals surface area contributed by atoms with Crippen LogP contribution in [0.1, 0.15) is 25.8 Å². The average molecular weight is 305 g/mol. The van der Waals surface area contributed by atoms with E-state index in [9.17, 15) is 0 Å². The van der Waals surface area contributed by atoms with Gasteiger partial charge < -0.3 is 10.6 Å². The van der Waals surface area contributed by atoms with Crippen molar-refractivity contribution in [2.75, 3.05) is 17.2 Å². The summed E-state index contributed by atoms with van der Waals surface area (Å²) in [6.07, 6.45) is 3.56. The first kappa shape index (κ1) is 15.6. The van der Waals surface area contributed by atoms with Crippen molar-refractivity contribution in [3.63, 3.8) is 0 Å². The van der Waals surface area contributed by atoms with E-state index >= 15 is 0 Å². The summed E-state index contributed by atoms with van der Waals surface area (Å²) in [4.78, 5) is 8.46. The van der Waals surface area contributed by atoms with Crippen LogP contribution in [0.15, 0.2) is 36.7 Å². The molecule has 0 aliphatic carbocycles. The summed E-state index contributed by atoms with van der Waals surface area (Å²) in [5.74, 6) is 1.69. The molecule has 0 saturated carbocycles. The summed E-state index contributed by atoms with van der Waals surface area (Å²) in [5.41, 5.74) is 1.25. The molecule has 0 saturated heterocycles. The minimum Gasteiger partial charge on any atom is -0.370 e. The third-order valence-electron chi connectivity index (χ3n) is 3.31. The molecule has 1 aromatic carbocycles. The van der Waals surface area contributed by atoms with Crippen LogP contribution in [0.4, 0.5) is 11.6 Å². The third kappa shape index (κ3) is 5.23. The van der Waals surface area contributed by atoms with E-state index in [1.807, 2.05) is 30.3 Å². The number of anilines is 2. The topological polar surface area (TPSA) is 49.8 Å². The Morgan fingerprint density at radius 1 is 1.14 bits per heavy atom. The Morgan fingerprint density at radius 2 is 1.86 bits per heavy atom. The Hall–Kier alpha value is -1.81. The van der Waals surface area contributed by atoms with Gasteiger partial charge in [-0.05, 0) is 37.5 Å². The standard InChI is InChI=1S/C16H21ClN4/c1-3-12(2)21-16-10-15(19-11-20-16)18-9-8-13-4-6-14(17)7-5-13/h4-7,10-12H,3,8-9H2,1-2H3,(H2,18,19,20,21). The Balaban J connectivity index is 1.85. The second kappa shape index (κ2) is 7.84. The lowest BCUT2D eigenvalue weighted by atomic mass is 10.1. The highest BCUT2D eigenvalue weighted by molar-refractivity contribution is 6.30. The van der Waals surface area contributed by atoms with Gasteiger partial charge in [0.25, 0.3) is 0 Å². The van der Waals surface area contributed by atoms with Crippen molar-refractivity contribution >= 4 is 23.2 Å². The fourth-order valence-corrected chi connectivity index (χ4v) is 2.00. The van der Waals surface area contributed by atoms with Gasteiger partial charge in [-0.3, -0.25) is 0 Å². The van der Waals surface area contributed by atoms with E-state index in [1.54, 1.807) is 6.33 Å². The average Bonchev–Trinajstić information content (AvgIpc) is 2.49. The Bertz CT molecular complexity index is 556. The van der Waals surface area contributed by atoms with Crippen molar-refractivity contribution in [3.8, 4) is 0 Å². The van der Waals surface area contributed by atoms with Gasteiger partial charge in [0.2, 0.25) is 0 Å². The number of hydrogen-bond donors (Lipinski definition) is 2. The largest absolute Gasteiger partial charge is 0.370 e. The molecule has 1 aromatic heterocycles. The number of nitrogens with one attached hydrogen (secondary N) is 2. The van der Waals surface area contributed by atoms with Crippen molar-refractivity contribution in [1.29, 1.82) is 0 Å². The van der Waals surface area contributed by atoms with E-state index in [1.165, 1.54) is 5.56 Å². The molecule has 0 aliphatic rings. The van der Waals surface area contributed by atoms with Gasteiger partial charge in [0.15, 0.2) is 0 Å². The van der Waals surface area contributed by atoms with Gasteiger partial charge in [0, 0.05) is 23.7 Å². The summed E-state index contributed by atoms with van der Waals surface area (Å²) >= 11 is 5.87. The highest BCUT2D eigenvalue weighted by atomic mass is 35.5. The molecule has 5 heteroatoms. The molecule has 21 heavy (non-hydrogen) atoms. The molecule has 1 unspecified atom stereocenters. The van der Waals surface area contributed by atoms with E-state index in [2.05, 4.69) is 34.4 Å². The molecule has 1 heterocycles. The Kier molecular flexibility index (Phi) is 5.81. The van der Waals surface area contributed by atoms with E-state index < -0.39 is 0 Å². The maximum absolute atomic E-state index is 5.87. The number of benzene rings is 1. The highest BCUT2D eigenvalue weighted by Crippen LogP contribution is 2.12. The lowest BCUT2D eigenvalue weighted by molar-refractivity contribution is 0.758. The van der Waals surface area contributed by atoms with Crippen LogP contribution in [0.2, 0.25) is 5.02 Å². The summed E-state index contributed by atoms with van der Waals surface area (Å²) in [6, 6.07) is 10.3. The molecular weight excluding hydrogens is 284 g/mol.